The van der Waals surface area contributed by atoms with Crippen LogP contribution in [0.5, 0.6) is 0 Å². The molecule has 1 heterocycles. The number of hydrogen-bond acceptors (Lipinski definition) is 4. The summed E-state index contributed by atoms with van der Waals surface area (Å²) in [6.07, 6.45) is 6.02. The molecule has 1 aliphatic rings. The second kappa shape index (κ2) is 8.49. The number of benzene rings is 1. The van der Waals surface area contributed by atoms with Crippen LogP contribution >= 0.6 is 11.9 Å². The highest BCUT2D eigenvalue weighted by atomic mass is 32.2. The normalized spacial score (nSPS) is 15.9. The van der Waals surface area contributed by atoms with Crippen molar-refractivity contribution in [1.82, 2.24) is 14.6 Å². The van der Waals surface area contributed by atoms with Gasteiger partial charge in [-0.15, -0.1) is 0 Å². The van der Waals surface area contributed by atoms with Crippen LogP contribution in [0.25, 0.3) is 10.9 Å². The summed E-state index contributed by atoms with van der Waals surface area (Å²) < 4.78 is 2.09. The second-order valence-electron chi connectivity index (χ2n) is 6.77. The standard InChI is InChI=1S/C20H24N4O2S/c1-2-27-24-13-8-15-14-16(6-7-17(15)24)18(25)23-20(9-4-3-5-10-20)19(26)22-12-11-21/h6-8,13-14H,2-5,9-10,12H2,1H3,(H,22,26)(H,23,25). The van der Waals surface area contributed by atoms with Crippen molar-refractivity contribution in [2.75, 3.05) is 12.3 Å². The minimum absolute atomic E-state index is 0.0506. The van der Waals surface area contributed by atoms with Crippen molar-refractivity contribution >= 4 is 34.7 Å². The van der Waals surface area contributed by atoms with Crippen molar-refractivity contribution in [2.24, 2.45) is 0 Å². The van der Waals surface area contributed by atoms with Crippen LogP contribution in [0.2, 0.25) is 0 Å². The number of nitriles is 1. The fourth-order valence-corrected chi connectivity index (χ4v) is 4.38. The van der Waals surface area contributed by atoms with Gasteiger partial charge in [0.15, 0.2) is 0 Å². The first kappa shape index (κ1) is 19.3. The molecule has 0 radical (unpaired) electrons. The number of nitrogens with zero attached hydrogens (tertiary/aromatic N) is 2. The molecular weight excluding hydrogens is 360 g/mol. The Morgan fingerprint density at radius 1 is 1.26 bits per heavy atom. The highest BCUT2D eigenvalue weighted by Gasteiger charge is 2.40. The average Bonchev–Trinajstić information content (AvgIpc) is 3.09. The maximum Gasteiger partial charge on any atom is 0.252 e. The molecule has 142 valence electrons. The lowest BCUT2D eigenvalue weighted by Crippen LogP contribution is -2.59. The van der Waals surface area contributed by atoms with Crippen LogP contribution < -0.4 is 10.6 Å². The predicted molar refractivity (Wildman–Crippen MR) is 107 cm³/mol. The van der Waals surface area contributed by atoms with Gasteiger partial charge in [-0.3, -0.25) is 13.6 Å². The highest BCUT2D eigenvalue weighted by molar-refractivity contribution is 7.97. The van der Waals surface area contributed by atoms with E-state index in [1.54, 1.807) is 18.0 Å². The average molecular weight is 385 g/mol. The summed E-state index contributed by atoms with van der Waals surface area (Å²) in [5.41, 5.74) is 0.683. The van der Waals surface area contributed by atoms with Crippen molar-refractivity contribution in [3.05, 3.63) is 36.0 Å². The topological polar surface area (TPSA) is 86.9 Å². The molecule has 1 saturated carbocycles. The van der Waals surface area contributed by atoms with Gasteiger partial charge in [-0.2, -0.15) is 5.26 Å². The molecule has 0 atom stereocenters. The minimum Gasteiger partial charge on any atom is -0.341 e. The Balaban J connectivity index is 1.82. The molecule has 0 unspecified atom stereocenters. The molecule has 2 amide bonds. The molecule has 2 N–H and O–H groups in total. The summed E-state index contributed by atoms with van der Waals surface area (Å²) in [5.74, 6) is 0.456. The van der Waals surface area contributed by atoms with E-state index in [1.807, 2.05) is 30.5 Å². The zero-order chi connectivity index (χ0) is 19.3. The molecule has 3 rings (SSSR count). The summed E-state index contributed by atoms with van der Waals surface area (Å²) in [5, 5.41) is 15.3. The fraction of sp³-hybridized carbons (Fsp3) is 0.450. The van der Waals surface area contributed by atoms with Crippen molar-refractivity contribution < 1.29 is 9.59 Å². The smallest absolute Gasteiger partial charge is 0.252 e. The molecule has 0 saturated heterocycles. The van der Waals surface area contributed by atoms with E-state index in [1.165, 1.54) is 0 Å². The van der Waals surface area contributed by atoms with E-state index in [9.17, 15) is 9.59 Å². The molecule has 6 nitrogen and oxygen atoms in total. The van der Waals surface area contributed by atoms with E-state index < -0.39 is 5.54 Å². The molecule has 0 spiro atoms. The number of nitrogens with one attached hydrogen (secondary N) is 2. The SMILES string of the molecule is CCSn1ccc2cc(C(=O)NC3(C(=O)NCC#N)CCCCC3)ccc21. The monoisotopic (exact) mass is 384 g/mol. The Kier molecular flexibility index (Phi) is 6.07. The Morgan fingerprint density at radius 3 is 2.74 bits per heavy atom. The van der Waals surface area contributed by atoms with Gasteiger partial charge in [0.2, 0.25) is 5.91 Å². The molecule has 0 aliphatic heterocycles. The van der Waals surface area contributed by atoms with Gasteiger partial charge in [0, 0.05) is 22.9 Å². The van der Waals surface area contributed by atoms with Crippen LogP contribution in [0.15, 0.2) is 30.5 Å². The van der Waals surface area contributed by atoms with Gasteiger partial charge in [0.05, 0.1) is 11.6 Å². The third-order valence-electron chi connectivity index (χ3n) is 5.01. The zero-order valence-corrected chi connectivity index (χ0v) is 16.3. The Morgan fingerprint density at radius 2 is 2.04 bits per heavy atom. The maximum absolute atomic E-state index is 12.9. The lowest BCUT2D eigenvalue weighted by atomic mass is 9.80. The van der Waals surface area contributed by atoms with Crippen molar-refractivity contribution in [1.29, 1.82) is 5.26 Å². The van der Waals surface area contributed by atoms with Crippen molar-refractivity contribution in [3.8, 4) is 6.07 Å². The van der Waals surface area contributed by atoms with Crippen LogP contribution in [0.1, 0.15) is 49.4 Å². The van der Waals surface area contributed by atoms with Gasteiger partial charge in [-0.05, 0) is 49.1 Å². The highest BCUT2D eigenvalue weighted by Crippen LogP contribution is 2.29. The zero-order valence-electron chi connectivity index (χ0n) is 15.5. The van der Waals surface area contributed by atoms with Crippen LogP contribution in [-0.2, 0) is 4.79 Å². The summed E-state index contributed by atoms with van der Waals surface area (Å²) >= 11 is 1.70. The van der Waals surface area contributed by atoms with E-state index in [2.05, 4.69) is 21.5 Å². The summed E-state index contributed by atoms with van der Waals surface area (Å²) in [7, 11) is 0. The Labute approximate surface area is 163 Å². The molecule has 7 heteroatoms. The van der Waals surface area contributed by atoms with Gasteiger partial charge < -0.3 is 10.6 Å². The third-order valence-corrected chi connectivity index (χ3v) is 5.86. The first-order chi connectivity index (χ1) is 13.1. The van der Waals surface area contributed by atoms with Crippen LogP contribution in [-0.4, -0.2) is 33.6 Å². The molecule has 0 bridgehead atoms. The summed E-state index contributed by atoms with van der Waals surface area (Å²) in [6, 6.07) is 9.52. The molecular formula is C20H24N4O2S. The van der Waals surface area contributed by atoms with Crippen molar-refractivity contribution in [2.45, 2.75) is 44.6 Å². The van der Waals surface area contributed by atoms with Crippen molar-refractivity contribution in [3.63, 3.8) is 0 Å². The molecule has 1 aromatic carbocycles. The molecule has 27 heavy (non-hydrogen) atoms. The molecule has 1 fully saturated rings. The van der Waals surface area contributed by atoms with Gasteiger partial charge in [0.25, 0.3) is 5.91 Å². The molecule has 1 aliphatic carbocycles. The first-order valence-corrected chi connectivity index (χ1v) is 10.3. The maximum atomic E-state index is 12.9. The van der Waals surface area contributed by atoms with Crippen LogP contribution in [0, 0.1) is 11.3 Å². The Hall–Kier alpha value is -2.46. The van der Waals surface area contributed by atoms with Gasteiger partial charge >= 0.3 is 0 Å². The van der Waals surface area contributed by atoms with Crippen LogP contribution in [0.4, 0.5) is 0 Å². The fourth-order valence-electron chi connectivity index (χ4n) is 3.65. The van der Waals surface area contributed by atoms with E-state index in [-0.39, 0.29) is 18.4 Å². The van der Waals surface area contributed by atoms with E-state index in [0.29, 0.717) is 18.4 Å². The number of carbonyl (C=O) groups excluding carboxylic acids is 2. The number of amides is 2. The number of fused-ring (bicyclic) bond motifs is 1. The number of carbonyl (C=O) groups is 2. The first-order valence-electron chi connectivity index (χ1n) is 9.32. The van der Waals surface area contributed by atoms with Crippen LogP contribution in [0.3, 0.4) is 0 Å². The second-order valence-corrected chi connectivity index (χ2v) is 8.00. The quantitative estimate of drug-likeness (QED) is 0.749. The number of aromatic nitrogens is 1. The van der Waals surface area contributed by atoms with Gasteiger partial charge in [0.1, 0.15) is 12.1 Å². The minimum atomic E-state index is -0.925. The Bertz CT molecular complexity index is 878. The third kappa shape index (κ3) is 4.11. The lowest BCUT2D eigenvalue weighted by Gasteiger charge is -2.36. The molecule has 2 aromatic rings. The largest absolute Gasteiger partial charge is 0.341 e. The van der Waals surface area contributed by atoms with E-state index in [0.717, 1.165) is 35.9 Å². The number of rotatable bonds is 6. The summed E-state index contributed by atoms with van der Waals surface area (Å²) in [4.78, 5) is 25.6. The molecule has 1 aromatic heterocycles. The number of hydrogen-bond donors (Lipinski definition) is 2. The van der Waals surface area contributed by atoms with Gasteiger partial charge in [-0.1, -0.05) is 26.2 Å². The van der Waals surface area contributed by atoms with E-state index in [4.69, 9.17) is 5.26 Å². The predicted octanol–water partition coefficient (Wildman–Crippen LogP) is 3.23. The van der Waals surface area contributed by atoms with E-state index >= 15 is 0 Å². The van der Waals surface area contributed by atoms with Gasteiger partial charge in [-0.25, -0.2) is 0 Å². The lowest BCUT2D eigenvalue weighted by molar-refractivity contribution is -0.128. The summed E-state index contributed by atoms with van der Waals surface area (Å²) in [6.45, 7) is 2.05.